The van der Waals surface area contributed by atoms with Crippen molar-refractivity contribution in [2.45, 2.75) is 57.9 Å². The van der Waals surface area contributed by atoms with Crippen molar-refractivity contribution >= 4 is 23.5 Å². The van der Waals surface area contributed by atoms with E-state index >= 15 is 0 Å². The molecule has 6 nitrogen and oxygen atoms in total. The summed E-state index contributed by atoms with van der Waals surface area (Å²) >= 11 is 1.45. The molecule has 0 spiro atoms. The van der Waals surface area contributed by atoms with E-state index in [4.69, 9.17) is 4.52 Å². The number of hydrogen-bond donors (Lipinski definition) is 2. The lowest BCUT2D eigenvalue weighted by molar-refractivity contribution is -0.115. The highest BCUT2D eigenvalue weighted by atomic mass is 32.2. The number of amides is 1. The number of thioether (sulfide) groups is 1. The molecule has 2 heterocycles. The highest BCUT2D eigenvalue weighted by Gasteiger charge is 2.21. The Bertz CT molecular complexity index is 663. The van der Waals surface area contributed by atoms with E-state index in [-0.39, 0.29) is 11.2 Å². The summed E-state index contributed by atoms with van der Waals surface area (Å²) in [6, 6.07) is 1.70. The predicted molar refractivity (Wildman–Crippen MR) is 91.7 cm³/mol. The van der Waals surface area contributed by atoms with Crippen LogP contribution in [-0.4, -0.2) is 26.3 Å². The summed E-state index contributed by atoms with van der Waals surface area (Å²) in [7, 11) is 0. The Labute approximate surface area is 140 Å². The van der Waals surface area contributed by atoms with Gasteiger partial charge in [-0.1, -0.05) is 37.7 Å². The second-order valence-corrected chi connectivity index (χ2v) is 7.23. The lowest BCUT2D eigenvalue weighted by atomic mass is 10.1. The Hall–Kier alpha value is -1.76. The maximum Gasteiger partial charge on any atom is 0.239 e. The average molecular weight is 336 g/mol. The van der Waals surface area contributed by atoms with E-state index in [2.05, 4.69) is 34.3 Å². The molecule has 2 aromatic rings. The number of aromatic nitrogens is 3. The average Bonchev–Trinajstić information content (AvgIpc) is 3.02. The minimum atomic E-state index is -0.232. The number of rotatable bonds is 7. The minimum absolute atomic E-state index is 0.0923. The van der Waals surface area contributed by atoms with E-state index < -0.39 is 0 Å². The standard InChI is InChI=1S/C16H24N4O2S/c1-6-13(15(21)19-14-8-10(4)22-20-14)23-16-17-11(5)12(18-16)7-9(2)3/h8-9,13H,6-7H2,1-5H3,(H,17,18)(H,19,20,21). The van der Waals surface area contributed by atoms with Crippen LogP contribution in [0.2, 0.25) is 0 Å². The summed E-state index contributed by atoms with van der Waals surface area (Å²) in [5, 5.41) is 7.13. The number of imidazole rings is 1. The topological polar surface area (TPSA) is 83.8 Å². The summed E-state index contributed by atoms with van der Waals surface area (Å²) in [5.74, 6) is 1.57. The van der Waals surface area contributed by atoms with Crippen LogP contribution >= 0.6 is 11.8 Å². The number of anilines is 1. The molecule has 1 atom stereocenters. The number of aryl methyl sites for hydroxylation is 2. The van der Waals surface area contributed by atoms with Crippen LogP contribution in [0.3, 0.4) is 0 Å². The van der Waals surface area contributed by atoms with Gasteiger partial charge in [0, 0.05) is 11.8 Å². The molecule has 7 heteroatoms. The van der Waals surface area contributed by atoms with Crippen LogP contribution in [0.5, 0.6) is 0 Å². The monoisotopic (exact) mass is 336 g/mol. The number of carbonyl (C=O) groups is 1. The summed E-state index contributed by atoms with van der Waals surface area (Å²) in [4.78, 5) is 20.3. The van der Waals surface area contributed by atoms with Gasteiger partial charge in [-0.05, 0) is 32.6 Å². The van der Waals surface area contributed by atoms with Gasteiger partial charge in [0.2, 0.25) is 5.91 Å². The SMILES string of the molecule is CCC(Sc1nc(CC(C)C)c(C)[nH]1)C(=O)Nc1cc(C)on1. The van der Waals surface area contributed by atoms with Gasteiger partial charge in [-0.2, -0.15) is 0 Å². The molecule has 0 saturated heterocycles. The number of hydrogen-bond acceptors (Lipinski definition) is 5. The Morgan fingerprint density at radius 2 is 2.17 bits per heavy atom. The van der Waals surface area contributed by atoms with Crippen LogP contribution in [0, 0.1) is 19.8 Å². The Balaban J connectivity index is 2.02. The van der Waals surface area contributed by atoms with Crippen molar-refractivity contribution < 1.29 is 9.32 Å². The molecule has 0 bridgehead atoms. The highest BCUT2D eigenvalue weighted by Crippen LogP contribution is 2.26. The molecule has 0 aromatic carbocycles. The van der Waals surface area contributed by atoms with Gasteiger partial charge in [-0.15, -0.1) is 0 Å². The highest BCUT2D eigenvalue weighted by molar-refractivity contribution is 8.00. The van der Waals surface area contributed by atoms with E-state index in [1.807, 2.05) is 13.8 Å². The molecule has 0 aliphatic carbocycles. The number of carbonyl (C=O) groups excluding carboxylic acids is 1. The lowest BCUT2D eigenvalue weighted by Crippen LogP contribution is -2.24. The second-order valence-electron chi connectivity index (χ2n) is 6.04. The van der Waals surface area contributed by atoms with Crippen molar-refractivity contribution in [1.29, 1.82) is 0 Å². The smallest absolute Gasteiger partial charge is 0.239 e. The molecule has 2 aromatic heterocycles. The third-order valence-electron chi connectivity index (χ3n) is 3.36. The molecule has 126 valence electrons. The van der Waals surface area contributed by atoms with E-state index in [1.165, 1.54) is 11.8 Å². The summed E-state index contributed by atoms with van der Waals surface area (Å²) < 4.78 is 4.96. The first-order chi connectivity index (χ1) is 10.9. The number of nitrogens with zero attached hydrogens (tertiary/aromatic N) is 2. The van der Waals surface area contributed by atoms with Crippen molar-refractivity contribution in [2.24, 2.45) is 5.92 Å². The van der Waals surface area contributed by atoms with Gasteiger partial charge in [-0.3, -0.25) is 4.79 Å². The zero-order valence-electron chi connectivity index (χ0n) is 14.3. The first-order valence-corrected chi connectivity index (χ1v) is 8.73. The lowest BCUT2D eigenvalue weighted by Gasteiger charge is -2.11. The Morgan fingerprint density at radius 1 is 1.43 bits per heavy atom. The normalized spacial score (nSPS) is 12.6. The Morgan fingerprint density at radius 3 is 2.74 bits per heavy atom. The van der Waals surface area contributed by atoms with Crippen molar-refractivity contribution in [3.05, 3.63) is 23.2 Å². The number of H-pyrrole nitrogens is 1. The maximum atomic E-state index is 12.4. The summed E-state index contributed by atoms with van der Waals surface area (Å²) in [6.45, 7) is 10.1. The third-order valence-corrected chi connectivity index (χ3v) is 4.61. The molecule has 0 aliphatic heterocycles. The molecule has 2 rings (SSSR count). The van der Waals surface area contributed by atoms with Gasteiger partial charge in [0.25, 0.3) is 0 Å². The number of aromatic amines is 1. The van der Waals surface area contributed by atoms with Gasteiger partial charge >= 0.3 is 0 Å². The molecular formula is C16H24N4O2S. The van der Waals surface area contributed by atoms with Gasteiger partial charge in [0.05, 0.1) is 10.9 Å². The van der Waals surface area contributed by atoms with Crippen molar-refractivity contribution in [3.8, 4) is 0 Å². The quantitative estimate of drug-likeness (QED) is 0.753. The minimum Gasteiger partial charge on any atom is -0.360 e. The first-order valence-electron chi connectivity index (χ1n) is 7.85. The van der Waals surface area contributed by atoms with Crippen molar-refractivity contribution in [3.63, 3.8) is 0 Å². The van der Waals surface area contributed by atoms with Crippen LogP contribution in [0.4, 0.5) is 5.82 Å². The number of nitrogens with one attached hydrogen (secondary N) is 2. The Kier molecular flexibility index (Phi) is 5.87. The van der Waals surface area contributed by atoms with Gasteiger partial charge in [-0.25, -0.2) is 4.98 Å². The molecule has 0 aliphatic rings. The molecule has 1 amide bonds. The van der Waals surface area contributed by atoms with Crippen LogP contribution < -0.4 is 5.32 Å². The van der Waals surface area contributed by atoms with Crippen molar-refractivity contribution in [2.75, 3.05) is 5.32 Å². The molecule has 0 saturated carbocycles. The molecule has 0 radical (unpaired) electrons. The fourth-order valence-corrected chi connectivity index (χ4v) is 3.17. The van der Waals surface area contributed by atoms with Crippen LogP contribution in [0.25, 0.3) is 0 Å². The zero-order valence-corrected chi connectivity index (χ0v) is 15.1. The van der Waals surface area contributed by atoms with E-state index in [0.29, 0.717) is 23.9 Å². The van der Waals surface area contributed by atoms with E-state index in [0.717, 1.165) is 23.0 Å². The molecule has 23 heavy (non-hydrogen) atoms. The second kappa shape index (κ2) is 7.68. The van der Waals surface area contributed by atoms with Crippen LogP contribution in [-0.2, 0) is 11.2 Å². The largest absolute Gasteiger partial charge is 0.360 e. The van der Waals surface area contributed by atoms with E-state index in [9.17, 15) is 4.79 Å². The molecule has 1 unspecified atom stereocenters. The molecule has 0 fully saturated rings. The fraction of sp³-hybridized carbons (Fsp3) is 0.562. The van der Waals surface area contributed by atoms with Gasteiger partial charge in [0.15, 0.2) is 11.0 Å². The van der Waals surface area contributed by atoms with Gasteiger partial charge in [0.1, 0.15) is 5.76 Å². The summed E-state index contributed by atoms with van der Waals surface area (Å²) in [6.07, 6.45) is 1.64. The van der Waals surface area contributed by atoms with Crippen molar-refractivity contribution in [1.82, 2.24) is 15.1 Å². The third kappa shape index (κ3) is 4.86. The van der Waals surface area contributed by atoms with Gasteiger partial charge < -0.3 is 14.8 Å². The fourth-order valence-electron chi connectivity index (χ4n) is 2.20. The maximum absolute atomic E-state index is 12.4. The molecular weight excluding hydrogens is 312 g/mol. The van der Waals surface area contributed by atoms with Crippen LogP contribution in [0.1, 0.15) is 44.3 Å². The summed E-state index contributed by atoms with van der Waals surface area (Å²) in [5.41, 5.74) is 2.15. The zero-order chi connectivity index (χ0) is 17.0. The first kappa shape index (κ1) is 17.6. The van der Waals surface area contributed by atoms with Crippen LogP contribution in [0.15, 0.2) is 15.7 Å². The predicted octanol–water partition coefficient (Wildman–Crippen LogP) is 3.72. The van der Waals surface area contributed by atoms with E-state index in [1.54, 1.807) is 13.0 Å². The molecule has 2 N–H and O–H groups in total.